The molecule has 0 aliphatic rings. The van der Waals surface area contributed by atoms with Crippen LogP contribution in [0.1, 0.15) is 33.9 Å². The van der Waals surface area contributed by atoms with Crippen molar-refractivity contribution in [3.63, 3.8) is 0 Å². The highest BCUT2D eigenvalue weighted by atomic mass is 35.5. The lowest BCUT2D eigenvalue weighted by Crippen LogP contribution is -2.20. The van der Waals surface area contributed by atoms with Crippen molar-refractivity contribution in [3.05, 3.63) is 62.1 Å². The molecule has 4 rings (SSSR count). The third kappa shape index (κ3) is 4.14. The summed E-state index contributed by atoms with van der Waals surface area (Å²) in [5.41, 5.74) is 2.01. The SMILES string of the molecule is COc1ccc(-c2nc3c(C(C)Nc4ccc(Cl)nc4C(=O)O)c(C)sc3c(=O)n2C)cn1. The van der Waals surface area contributed by atoms with E-state index >= 15 is 0 Å². The summed E-state index contributed by atoms with van der Waals surface area (Å²) >= 11 is 7.22. The fourth-order valence-electron chi connectivity index (χ4n) is 3.65. The van der Waals surface area contributed by atoms with Crippen molar-refractivity contribution < 1.29 is 14.6 Å². The van der Waals surface area contributed by atoms with Crippen LogP contribution in [0.15, 0.2) is 35.3 Å². The van der Waals surface area contributed by atoms with E-state index in [2.05, 4.69) is 15.3 Å². The van der Waals surface area contributed by atoms with Crippen LogP contribution in [-0.2, 0) is 7.05 Å². The average molecular weight is 486 g/mol. The van der Waals surface area contributed by atoms with Gasteiger partial charge in [-0.25, -0.2) is 19.7 Å². The summed E-state index contributed by atoms with van der Waals surface area (Å²) in [5, 5.41) is 12.8. The Bertz CT molecular complexity index is 1430. The number of ether oxygens (including phenoxy) is 1. The molecule has 0 fully saturated rings. The number of thiophene rings is 1. The molecule has 1 unspecified atom stereocenters. The number of carbonyl (C=O) groups is 1. The van der Waals surface area contributed by atoms with Gasteiger partial charge in [-0.05, 0) is 32.0 Å². The van der Waals surface area contributed by atoms with E-state index in [1.807, 2.05) is 13.8 Å². The van der Waals surface area contributed by atoms with Crippen LogP contribution < -0.4 is 15.6 Å². The zero-order valence-electron chi connectivity index (χ0n) is 18.2. The smallest absolute Gasteiger partial charge is 0.356 e. The highest BCUT2D eigenvalue weighted by Gasteiger charge is 2.23. The normalized spacial score (nSPS) is 12.0. The maximum absolute atomic E-state index is 13.1. The maximum atomic E-state index is 13.1. The molecule has 0 aliphatic heterocycles. The quantitative estimate of drug-likeness (QED) is 0.388. The number of halogens is 1. The molecule has 2 N–H and O–H groups in total. The molecular formula is C22H20ClN5O4S. The average Bonchev–Trinajstić information content (AvgIpc) is 3.13. The van der Waals surface area contributed by atoms with E-state index in [9.17, 15) is 14.7 Å². The minimum absolute atomic E-state index is 0.0886. The third-order valence-electron chi connectivity index (χ3n) is 5.21. The van der Waals surface area contributed by atoms with E-state index in [0.29, 0.717) is 33.2 Å². The van der Waals surface area contributed by atoms with Gasteiger partial charge < -0.3 is 15.2 Å². The van der Waals surface area contributed by atoms with Gasteiger partial charge in [0.15, 0.2) is 5.69 Å². The first-order valence-corrected chi connectivity index (χ1v) is 11.1. The molecule has 4 aromatic rings. The van der Waals surface area contributed by atoms with Crippen molar-refractivity contribution in [1.29, 1.82) is 0 Å². The summed E-state index contributed by atoms with van der Waals surface area (Å²) in [6.07, 6.45) is 1.60. The lowest BCUT2D eigenvalue weighted by Gasteiger charge is -2.17. The predicted molar refractivity (Wildman–Crippen MR) is 128 cm³/mol. The van der Waals surface area contributed by atoms with E-state index in [0.717, 1.165) is 10.4 Å². The summed E-state index contributed by atoms with van der Waals surface area (Å²) in [7, 11) is 3.20. The third-order valence-corrected chi connectivity index (χ3v) is 6.52. The van der Waals surface area contributed by atoms with Gasteiger partial charge in [0, 0.05) is 35.3 Å². The molecule has 0 saturated carbocycles. The molecule has 33 heavy (non-hydrogen) atoms. The fraction of sp³-hybridized carbons (Fsp3) is 0.227. The highest BCUT2D eigenvalue weighted by molar-refractivity contribution is 7.19. The fourth-order valence-corrected chi connectivity index (χ4v) is 4.97. The molecular weight excluding hydrogens is 466 g/mol. The molecule has 0 bridgehead atoms. The van der Waals surface area contributed by atoms with Gasteiger partial charge >= 0.3 is 5.97 Å². The molecule has 4 aromatic heterocycles. The number of aryl methyl sites for hydroxylation is 1. The number of rotatable bonds is 6. The minimum atomic E-state index is -1.19. The van der Waals surface area contributed by atoms with Gasteiger partial charge in [0.05, 0.1) is 24.4 Å². The summed E-state index contributed by atoms with van der Waals surface area (Å²) in [4.78, 5) is 38.6. The Labute approximate surface area is 197 Å². The van der Waals surface area contributed by atoms with Crippen LogP contribution in [0, 0.1) is 6.92 Å². The number of hydrogen-bond donors (Lipinski definition) is 2. The van der Waals surface area contributed by atoms with Crippen LogP contribution in [0.2, 0.25) is 5.15 Å². The summed E-state index contributed by atoms with van der Waals surface area (Å²) in [6.45, 7) is 3.79. The molecule has 0 spiro atoms. The van der Waals surface area contributed by atoms with Crippen molar-refractivity contribution in [2.24, 2.45) is 7.05 Å². The zero-order valence-corrected chi connectivity index (χ0v) is 19.8. The van der Waals surface area contributed by atoms with Gasteiger partial charge in [-0.15, -0.1) is 11.3 Å². The molecule has 0 radical (unpaired) electrons. The second-order valence-corrected chi connectivity index (χ2v) is 8.95. The monoisotopic (exact) mass is 485 g/mol. The number of fused-ring (bicyclic) bond motifs is 1. The molecule has 0 amide bonds. The van der Waals surface area contributed by atoms with Gasteiger partial charge in [-0.3, -0.25) is 9.36 Å². The number of aromatic nitrogens is 4. The van der Waals surface area contributed by atoms with Crippen LogP contribution in [-0.4, -0.2) is 37.7 Å². The van der Waals surface area contributed by atoms with Crippen LogP contribution in [0.4, 0.5) is 5.69 Å². The van der Waals surface area contributed by atoms with Crippen molar-refractivity contribution in [2.75, 3.05) is 12.4 Å². The Morgan fingerprint density at radius 2 is 2.03 bits per heavy atom. The Morgan fingerprint density at radius 3 is 2.67 bits per heavy atom. The minimum Gasteiger partial charge on any atom is -0.481 e. The van der Waals surface area contributed by atoms with Crippen LogP contribution >= 0.6 is 22.9 Å². The molecule has 9 nitrogen and oxygen atoms in total. The van der Waals surface area contributed by atoms with Gasteiger partial charge in [0.1, 0.15) is 15.7 Å². The second-order valence-electron chi connectivity index (χ2n) is 7.34. The topological polar surface area (TPSA) is 119 Å². The highest BCUT2D eigenvalue weighted by Crippen LogP contribution is 2.35. The largest absolute Gasteiger partial charge is 0.481 e. The number of methoxy groups -OCH3 is 1. The van der Waals surface area contributed by atoms with E-state index < -0.39 is 5.97 Å². The summed E-state index contributed by atoms with van der Waals surface area (Å²) in [6, 6.07) is 6.22. The number of pyridine rings is 2. The molecule has 4 heterocycles. The number of carboxylic acids is 1. The summed E-state index contributed by atoms with van der Waals surface area (Å²) in [5.74, 6) is -0.269. The molecule has 1 atom stereocenters. The van der Waals surface area contributed by atoms with Gasteiger partial charge in [-0.2, -0.15) is 0 Å². The van der Waals surface area contributed by atoms with Gasteiger partial charge in [-0.1, -0.05) is 11.6 Å². The van der Waals surface area contributed by atoms with E-state index in [4.69, 9.17) is 21.3 Å². The predicted octanol–water partition coefficient (Wildman–Crippen LogP) is 4.29. The standard InChI is InChI=1S/C22H20ClN5O4S/c1-10(25-13-6-7-14(23)26-17(13)22(30)31)16-11(2)33-19-18(16)27-20(28(3)21(19)29)12-5-8-15(32-4)24-9-12/h5-10,25H,1-4H3,(H,30,31). The van der Waals surface area contributed by atoms with Gasteiger partial charge in [0.25, 0.3) is 5.56 Å². The maximum Gasteiger partial charge on any atom is 0.356 e. The lowest BCUT2D eigenvalue weighted by atomic mass is 10.1. The number of nitrogens with zero attached hydrogens (tertiary/aromatic N) is 4. The first kappa shape index (κ1) is 22.7. The van der Waals surface area contributed by atoms with Crippen LogP contribution in [0.25, 0.3) is 21.6 Å². The lowest BCUT2D eigenvalue weighted by molar-refractivity contribution is 0.0691. The Morgan fingerprint density at radius 1 is 1.27 bits per heavy atom. The molecule has 170 valence electrons. The Balaban J connectivity index is 1.83. The number of carboxylic acid groups (broad SMARTS) is 1. The van der Waals surface area contributed by atoms with E-state index in [1.165, 1.54) is 29.1 Å². The van der Waals surface area contributed by atoms with Crippen molar-refractivity contribution in [3.8, 4) is 17.3 Å². The van der Waals surface area contributed by atoms with Crippen molar-refractivity contribution in [1.82, 2.24) is 19.5 Å². The summed E-state index contributed by atoms with van der Waals surface area (Å²) < 4.78 is 7.13. The molecule has 11 heteroatoms. The molecule has 0 aliphatic carbocycles. The second kappa shape index (κ2) is 8.80. The number of anilines is 1. The number of hydrogen-bond acceptors (Lipinski definition) is 8. The van der Waals surface area contributed by atoms with E-state index in [-0.39, 0.29) is 22.4 Å². The zero-order chi connectivity index (χ0) is 23.9. The first-order chi connectivity index (χ1) is 15.7. The number of aromatic carboxylic acids is 1. The first-order valence-electron chi connectivity index (χ1n) is 9.88. The van der Waals surface area contributed by atoms with Crippen LogP contribution in [0.3, 0.4) is 0 Å². The molecule has 0 aromatic carbocycles. The van der Waals surface area contributed by atoms with Crippen molar-refractivity contribution in [2.45, 2.75) is 19.9 Å². The Kier molecular flexibility index (Phi) is 6.05. The van der Waals surface area contributed by atoms with Gasteiger partial charge in [0.2, 0.25) is 5.88 Å². The van der Waals surface area contributed by atoms with Crippen molar-refractivity contribution >= 4 is 44.8 Å². The number of nitrogens with one attached hydrogen (secondary N) is 1. The van der Waals surface area contributed by atoms with E-state index in [1.54, 1.807) is 31.4 Å². The Hall–Kier alpha value is -3.50. The molecule has 0 saturated heterocycles. The van der Waals surface area contributed by atoms with Crippen LogP contribution in [0.5, 0.6) is 5.88 Å².